The summed E-state index contributed by atoms with van der Waals surface area (Å²) in [6.07, 6.45) is 0. The van der Waals surface area contributed by atoms with Crippen molar-refractivity contribution < 1.29 is 63.9 Å². The fraction of sp³-hybridized carbons (Fsp3) is 0. The Balaban J connectivity index is 0.00000256. The summed E-state index contributed by atoms with van der Waals surface area (Å²) in [6.45, 7) is 0. The Morgan fingerprint density at radius 1 is 1.10 bits per heavy atom. The van der Waals surface area contributed by atoms with Gasteiger partial charge in [0.2, 0.25) is 0 Å². The van der Waals surface area contributed by atoms with Gasteiger partial charge in [-0.05, 0) is 23.6 Å². The molecule has 0 bridgehead atoms. The van der Waals surface area contributed by atoms with Gasteiger partial charge < -0.3 is 20.5 Å². The second-order valence-electron chi connectivity index (χ2n) is 5.94. The van der Waals surface area contributed by atoms with E-state index >= 15 is 0 Å². The molecule has 0 aliphatic heterocycles. The number of nitro benzene ring substituents is 1. The van der Waals surface area contributed by atoms with E-state index in [1.807, 2.05) is 0 Å². The van der Waals surface area contributed by atoms with Crippen LogP contribution in [0, 0.1) is 10.1 Å². The standard InChI is InChI=1S/C17H12N4O8S.Na/c18-13-3-2-10-11(6-9(7-15(10)22)30(27,28)29)16(13)20-19-14-4-1-8(21(25)26)5-12(14)17(23)24;/h1-7,22H,18H2,(H,23,24)(H,27,28,29);/q;+1/p-1. The number of nitrogen functional groups attached to an aromatic ring is 1. The van der Waals surface area contributed by atoms with Crippen LogP contribution in [0.1, 0.15) is 11.8 Å². The van der Waals surface area contributed by atoms with Gasteiger partial charge in [0.15, 0.2) is 0 Å². The van der Waals surface area contributed by atoms with Crippen LogP contribution in [0.2, 0.25) is 0 Å². The maximum atomic E-state index is 12.2. The van der Waals surface area contributed by atoms with E-state index < -0.39 is 42.9 Å². The zero-order chi connectivity index (χ0) is 22.2. The van der Waals surface area contributed by atoms with Gasteiger partial charge in [0.25, 0.3) is 5.69 Å². The van der Waals surface area contributed by atoms with Crippen molar-refractivity contribution >= 4 is 49.6 Å². The molecular weight excluding hydrogens is 443 g/mol. The van der Waals surface area contributed by atoms with E-state index in [4.69, 9.17) is 5.73 Å². The molecule has 0 unspecified atom stereocenters. The number of azo groups is 1. The molecule has 0 spiro atoms. The quantitative estimate of drug-likeness (QED) is 0.127. The first kappa shape index (κ1) is 24.2. The Labute approximate surface area is 197 Å². The number of hydrogen-bond acceptors (Lipinski definition) is 10. The molecule has 0 saturated carbocycles. The fourth-order valence-electron chi connectivity index (χ4n) is 2.63. The van der Waals surface area contributed by atoms with Crippen molar-refractivity contribution in [3.05, 3.63) is 58.1 Å². The number of carbonyl (C=O) groups is 1. The summed E-state index contributed by atoms with van der Waals surface area (Å²) in [5.41, 5.74) is 4.38. The van der Waals surface area contributed by atoms with E-state index in [9.17, 15) is 38.1 Å². The summed E-state index contributed by atoms with van der Waals surface area (Å²) < 4.78 is 33.9. The molecule has 12 nitrogen and oxygen atoms in total. The first-order valence-electron chi connectivity index (χ1n) is 7.91. The molecule has 0 heterocycles. The number of anilines is 1. The van der Waals surface area contributed by atoms with Crippen molar-refractivity contribution in [3.63, 3.8) is 0 Å². The molecule has 3 rings (SSSR count). The van der Waals surface area contributed by atoms with Gasteiger partial charge >= 0.3 is 37.0 Å². The molecule has 3 N–H and O–H groups in total. The van der Waals surface area contributed by atoms with Crippen LogP contribution in [0.5, 0.6) is 5.75 Å². The van der Waals surface area contributed by atoms with E-state index in [0.29, 0.717) is 6.07 Å². The molecule has 0 saturated heterocycles. The Morgan fingerprint density at radius 3 is 2.35 bits per heavy atom. The second-order valence-corrected chi connectivity index (χ2v) is 7.32. The summed E-state index contributed by atoms with van der Waals surface area (Å²) >= 11 is 0. The number of carboxylic acid groups (broad SMARTS) is 1. The molecule has 0 radical (unpaired) electrons. The molecule has 0 aliphatic carbocycles. The molecule has 0 aliphatic rings. The number of nitrogens with zero attached hydrogens (tertiary/aromatic N) is 3. The zero-order valence-corrected chi connectivity index (χ0v) is 18.5. The largest absolute Gasteiger partial charge is 1.00 e. The number of hydrogen-bond donors (Lipinski definition) is 2. The van der Waals surface area contributed by atoms with Crippen LogP contribution in [-0.4, -0.2) is 29.0 Å². The second kappa shape index (κ2) is 8.95. The summed E-state index contributed by atoms with van der Waals surface area (Å²) in [7, 11) is -4.95. The molecule has 14 heteroatoms. The normalized spacial score (nSPS) is 11.4. The first-order valence-corrected chi connectivity index (χ1v) is 9.32. The predicted octanol–water partition coefficient (Wildman–Crippen LogP) is -0.462. The SMILES string of the molecule is Nc1ccc2c([O-])cc(S(=O)(=O)[O-])cc2c1N=Nc1ccc([N+](=O)[O-])cc1C(=O)O.[H+].[Na+]. The third-order valence-corrected chi connectivity index (χ3v) is 4.85. The molecular formula is C17H11N4NaO8S. The van der Waals surface area contributed by atoms with Crippen LogP contribution >= 0.6 is 0 Å². The van der Waals surface area contributed by atoms with E-state index in [2.05, 4.69) is 10.2 Å². The zero-order valence-electron chi connectivity index (χ0n) is 16.7. The van der Waals surface area contributed by atoms with Crippen LogP contribution in [0.25, 0.3) is 10.8 Å². The molecule has 0 aromatic heterocycles. The summed E-state index contributed by atoms with van der Waals surface area (Å²) in [4.78, 5) is 20.7. The molecule has 3 aromatic carbocycles. The average molecular weight is 454 g/mol. The van der Waals surface area contributed by atoms with Crippen molar-refractivity contribution in [2.75, 3.05) is 5.73 Å². The fourth-order valence-corrected chi connectivity index (χ4v) is 3.15. The molecule has 0 amide bonds. The molecule has 0 atom stereocenters. The van der Waals surface area contributed by atoms with Crippen LogP contribution in [0.4, 0.5) is 22.7 Å². The summed E-state index contributed by atoms with van der Waals surface area (Å²) in [5, 5.41) is 39.8. The Kier molecular flexibility index (Phi) is 6.98. The molecule has 154 valence electrons. The van der Waals surface area contributed by atoms with E-state index in [0.717, 1.165) is 24.3 Å². The van der Waals surface area contributed by atoms with E-state index in [1.165, 1.54) is 12.1 Å². The number of fused-ring (bicyclic) bond motifs is 1. The van der Waals surface area contributed by atoms with Crippen LogP contribution in [-0.2, 0) is 10.1 Å². The van der Waals surface area contributed by atoms with E-state index in [1.54, 1.807) is 0 Å². The van der Waals surface area contributed by atoms with Gasteiger partial charge in [0.05, 0.1) is 21.1 Å². The van der Waals surface area contributed by atoms with Crippen LogP contribution in [0.3, 0.4) is 0 Å². The minimum atomic E-state index is -4.95. The minimum Gasteiger partial charge on any atom is -0.872 e. The third-order valence-electron chi connectivity index (χ3n) is 4.04. The van der Waals surface area contributed by atoms with Gasteiger partial charge in [-0.15, -0.1) is 10.2 Å². The van der Waals surface area contributed by atoms with Gasteiger partial charge in [0.1, 0.15) is 21.5 Å². The minimum absolute atomic E-state index is 0. The molecule has 31 heavy (non-hydrogen) atoms. The van der Waals surface area contributed by atoms with Gasteiger partial charge in [-0.2, -0.15) is 0 Å². The molecule has 3 aromatic rings. The Hall–Kier alpha value is -3.10. The van der Waals surface area contributed by atoms with Gasteiger partial charge in [-0.25, -0.2) is 13.2 Å². The topological polar surface area (TPSA) is 211 Å². The van der Waals surface area contributed by atoms with Crippen molar-refractivity contribution in [1.29, 1.82) is 0 Å². The maximum Gasteiger partial charge on any atom is 1.00 e. The van der Waals surface area contributed by atoms with Crippen molar-refractivity contribution in [2.45, 2.75) is 4.90 Å². The number of rotatable bonds is 5. The van der Waals surface area contributed by atoms with Gasteiger partial charge in [0, 0.05) is 17.5 Å². The monoisotopic (exact) mass is 454 g/mol. The summed E-state index contributed by atoms with van der Waals surface area (Å²) in [5.74, 6) is -2.26. The predicted molar refractivity (Wildman–Crippen MR) is 101 cm³/mol. The average Bonchev–Trinajstić information content (AvgIpc) is 2.66. The number of benzene rings is 3. The number of nitro groups is 1. The number of non-ortho nitro benzene ring substituents is 1. The third kappa shape index (κ3) is 4.98. The van der Waals surface area contributed by atoms with Crippen molar-refractivity contribution in [1.82, 2.24) is 0 Å². The maximum absolute atomic E-state index is 12.2. The van der Waals surface area contributed by atoms with Gasteiger partial charge in [-0.3, -0.25) is 10.1 Å². The first-order chi connectivity index (χ1) is 14.0. The van der Waals surface area contributed by atoms with Gasteiger partial charge in [-0.1, -0.05) is 17.9 Å². The summed E-state index contributed by atoms with van der Waals surface area (Å²) in [6, 6.07) is 7.06. The Bertz CT molecular complexity index is 1360. The van der Waals surface area contributed by atoms with Crippen molar-refractivity contribution in [2.24, 2.45) is 10.2 Å². The van der Waals surface area contributed by atoms with Crippen molar-refractivity contribution in [3.8, 4) is 5.75 Å². The number of carboxylic acids is 1. The molecule has 0 fully saturated rings. The van der Waals surface area contributed by atoms with Crippen LogP contribution in [0.15, 0.2) is 57.6 Å². The van der Waals surface area contributed by atoms with E-state index in [-0.39, 0.29) is 58.8 Å². The Morgan fingerprint density at radius 2 is 1.77 bits per heavy atom. The number of nitrogens with two attached hydrogens (primary N) is 1. The van der Waals surface area contributed by atoms with Crippen LogP contribution < -0.4 is 40.4 Å². The number of aromatic carboxylic acids is 1. The smallest absolute Gasteiger partial charge is 0.872 e.